The fourth-order valence-electron chi connectivity index (χ4n) is 2.43. The van der Waals surface area contributed by atoms with Crippen LogP contribution in [-0.2, 0) is 4.79 Å². The zero-order chi connectivity index (χ0) is 15.1. The van der Waals surface area contributed by atoms with Gasteiger partial charge in [-0.3, -0.25) is 4.79 Å². The van der Waals surface area contributed by atoms with Gasteiger partial charge in [0.2, 0.25) is 5.91 Å². The maximum Gasteiger partial charge on any atom is 0.228 e. The molecule has 0 spiro atoms. The topological polar surface area (TPSA) is 29.1 Å². The monoisotopic (exact) mass is 351 g/mol. The molecule has 1 aliphatic carbocycles. The first kappa shape index (κ1) is 16.0. The maximum absolute atomic E-state index is 12.3. The van der Waals surface area contributed by atoms with E-state index in [4.69, 9.17) is 46.4 Å². The van der Waals surface area contributed by atoms with Crippen LogP contribution in [0.2, 0.25) is 10.0 Å². The summed E-state index contributed by atoms with van der Waals surface area (Å²) in [6, 6.07) is 4.94. The molecule has 20 heavy (non-hydrogen) atoms. The lowest BCUT2D eigenvalue weighted by atomic mass is 10.1. The van der Waals surface area contributed by atoms with Crippen LogP contribution >= 0.6 is 46.4 Å². The summed E-state index contributed by atoms with van der Waals surface area (Å²) in [6.07, 6.45) is 1.71. The van der Waals surface area contributed by atoms with E-state index in [1.165, 1.54) is 0 Å². The molecule has 1 fully saturated rings. The van der Waals surface area contributed by atoms with Crippen LogP contribution in [-0.4, -0.2) is 5.91 Å². The van der Waals surface area contributed by atoms with Gasteiger partial charge in [-0.2, -0.15) is 0 Å². The predicted octanol–water partition coefficient (Wildman–Crippen LogP) is 5.52. The van der Waals surface area contributed by atoms with Gasteiger partial charge >= 0.3 is 0 Å². The average molecular weight is 353 g/mol. The highest BCUT2D eigenvalue weighted by Gasteiger charge is 2.60. The van der Waals surface area contributed by atoms with Crippen LogP contribution in [0.25, 0.3) is 0 Å². The molecular formula is C14H13Cl4NO. The van der Waals surface area contributed by atoms with Gasteiger partial charge in [0.15, 0.2) is 0 Å². The first-order chi connectivity index (χ1) is 9.23. The number of allylic oxidation sites excluding steroid dienone is 1. The number of halogens is 4. The Hall–Kier alpha value is -0.410. The molecule has 108 valence electrons. The van der Waals surface area contributed by atoms with Crippen molar-refractivity contribution >= 4 is 58.0 Å². The molecule has 6 heteroatoms. The molecule has 1 aromatic rings. The van der Waals surface area contributed by atoms with Crippen LogP contribution in [0.1, 0.15) is 13.8 Å². The molecule has 1 N–H and O–H groups in total. The standard InChI is InChI=1S/C14H13Cl4NO/c1-14(2)8(6-11(17)18)12(14)13(20)19-10-4-3-7(15)5-9(10)16/h3-6,8,12H,1-2H3,(H,19,20)/t8-,12+/m1/s1. The maximum atomic E-state index is 12.3. The Kier molecular flexibility index (Phi) is 4.60. The Labute approximate surface area is 138 Å². The zero-order valence-electron chi connectivity index (χ0n) is 10.9. The first-order valence-electron chi connectivity index (χ1n) is 6.02. The van der Waals surface area contributed by atoms with Crippen LogP contribution in [0.5, 0.6) is 0 Å². The van der Waals surface area contributed by atoms with Gasteiger partial charge in [-0.25, -0.2) is 0 Å². The summed E-state index contributed by atoms with van der Waals surface area (Å²) in [7, 11) is 0. The molecule has 1 saturated carbocycles. The SMILES string of the molecule is CC1(C)[C@H](C=C(Cl)Cl)[C@H]1C(=O)Nc1ccc(Cl)cc1Cl. The van der Waals surface area contributed by atoms with Gasteiger partial charge in [0.05, 0.1) is 16.6 Å². The Morgan fingerprint density at radius 1 is 1.30 bits per heavy atom. The summed E-state index contributed by atoms with van der Waals surface area (Å²) >= 11 is 23.2. The van der Waals surface area contributed by atoms with Crippen molar-refractivity contribution < 1.29 is 4.79 Å². The number of benzene rings is 1. The van der Waals surface area contributed by atoms with Crippen molar-refractivity contribution in [2.24, 2.45) is 17.3 Å². The molecule has 0 unspecified atom stereocenters. The van der Waals surface area contributed by atoms with Gasteiger partial charge in [0.25, 0.3) is 0 Å². The Morgan fingerprint density at radius 2 is 1.95 bits per heavy atom. The first-order valence-corrected chi connectivity index (χ1v) is 7.53. The molecule has 0 heterocycles. The summed E-state index contributed by atoms with van der Waals surface area (Å²) in [5.74, 6) is -0.254. The molecule has 0 saturated heterocycles. The lowest BCUT2D eigenvalue weighted by Gasteiger charge is -2.08. The molecule has 0 aliphatic heterocycles. The number of nitrogens with one attached hydrogen (secondary N) is 1. The molecule has 0 aromatic heterocycles. The summed E-state index contributed by atoms with van der Waals surface area (Å²) in [5.41, 5.74) is 0.376. The second kappa shape index (κ2) is 5.76. The van der Waals surface area contributed by atoms with Crippen LogP contribution in [0.15, 0.2) is 28.8 Å². The van der Waals surface area contributed by atoms with E-state index >= 15 is 0 Å². The Morgan fingerprint density at radius 3 is 2.50 bits per heavy atom. The summed E-state index contributed by atoms with van der Waals surface area (Å²) < 4.78 is 0.183. The van der Waals surface area contributed by atoms with Crippen molar-refractivity contribution in [3.63, 3.8) is 0 Å². The van der Waals surface area contributed by atoms with Crippen molar-refractivity contribution in [3.8, 4) is 0 Å². The van der Waals surface area contributed by atoms with Crippen molar-refractivity contribution in [3.05, 3.63) is 38.8 Å². The molecule has 0 bridgehead atoms. The van der Waals surface area contributed by atoms with Gasteiger partial charge in [-0.1, -0.05) is 60.3 Å². The number of carbonyl (C=O) groups excluding carboxylic acids is 1. The van der Waals surface area contributed by atoms with Crippen LogP contribution in [0.3, 0.4) is 0 Å². The highest BCUT2D eigenvalue weighted by molar-refractivity contribution is 6.55. The van der Waals surface area contributed by atoms with Gasteiger partial charge < -0.3 is 5.32 Å². The van der Waals surface area contributed by atoms with Gasteiger partial charge in [0, 0.05) is 5.02 Å². The van der Waals surface area contributed by atoms with E-state index in [2.05, 4.69) is 5.32 Å². The summed E-state index contributed by atoms with van der Waals surface area (Å²) in [4.78, 5) is 12.3. The smallest absolute Gasteiger partial charge is 0.228 e. The van der Waals surface area contributed by atoms with E-state index in [0.717, 1.165) is 0 Å². The van der Waals surface area contributed by atoms with E-state index in [1.807, 2.05) is 13.8 Å². The van der Waals surface area contributed by atoms with Gasteiger partial charge in [0.1, 0.15) is 4.49 Å². The number of hydrogen-bond donors (Lipinski definition) is 1. The van der Waals surface area contributed by atoms with Crippen molar-refractivity contribution in [1.82, 2.24) is 0 Å². The normalized spacial score (nSPS) is 23.1. The fourth-order valence-corrected chi connectivity index (χ4v) is 3.15. The van der Waals surface area contributed by atoms with Crippen molar-refractivity contribution in [2.75, 3.05) is 5.32 Å². The molecule has 2 rings (SSSR count). The zero-order valence-corrected chi connectivity index (χ0v) is 13.9. The number of carbonyl (C=O) groups is 1. The number of amides is 1. The molecule has 1 aliphatic rings. The summed E-state index contributed by atoms with van der Waals surface area (Å²) in [6.45, 7) is 4.00. The second-order valence-electron chi connectivity index (χ2n) is 5.39. The number of rotatable bonds is 3. The predicted molar refractivity (Wildman–Crippen MR) is 85.6 cm³/mol. The van der Waals surface area contributed by atoms with E-state index in [0.29, 0.717) is 15.7 Å². The second-order valence-corrected chi connectivity index (χ2v) is 7.25. The van der Waals surface area contributed by atoms with E-state index < -0.39 is 0 Å². The van der Waals surface area contributed by atoms with Crippen molar-refractivity contribution in [2.45, 2.75) is 13.8 Å². The Bertz CT molecular complexity index is 579. The van der Waals surface area contributed by atoms with Crippen LogP contribution in [0, 0.1) is 17.3 Å². The molecule has 0 radical (unpaired) electrons. The van der Waals surface area contributed by atoms with Crippen molar-refractivity contribution in [1.29, 1.82) is 0 Å². The van der Waals surface area contributed by atoms with Gasteiger partial charge in [-0.05, 0) is 35.6 Å². The van der Waals surface area contributed by atoms with Crippen LogP contribution < -0.4 is 5.32 Å². The lowest BCUT2D eigenvalue weighted by molar-refractivity contribution is -0.118. The number of anilines is 1. The molecular weight excluding hydrogens is 340 g/mol. The van der Waals surface area contributed by atoms with E-state index in [9.17, 15) is 4.79 Å². The highest BCUT2D eigenvalue weighted by atomic mass is 35.5. The Balaban J connectivity index is 2.12. The number of hydrogen-bond acceptors (Lipinski definition) is 1. The minimum Gasteiger partial charge on any atom is -0.324 e. The third kappa shape index (κ3) is 3.25. The molecule has 2 atom stereocenters. The molecule has 1 aromatic carbocycles. The average Bonchev–Trinajstić information content (AvgIpc) is 2.83. The summed E-state index contributed by atoms with van der Waals surface area (Å²) in [5, 5.41) is 3.74. The highest BCUT2D eigenvalue weighted by Crippen LogP contribution is 2.60. The molecule has 2 nitrogen and oxygen atoms in total. The third-order valence-electron chi connectivity index (χ3n) is 3.69. The van der Waals surface area contributed by atoms with Gasteiger partial charge in [-0.15, -0.1) is 0 Å². The lowest BCUT2D eigenvalue weighted by Crippen LogP contribution is -2.17. The molecule has 1 amide bonds. The minimum absolute atomic E-state index is 0.0265. The van der Waals surface area contributed by atoms with E-state index in [1.54, 1.807) is 24.3 Å². The quantitative estimate of drug-likeness (QED) is 0.761. The van der Waals surface area contributed by atoms with E-state index in [-0.39, 0.29) is 27.6 Å². The van der Waals surface area contributed by atoms with Crippen LogP contribution in [0.4, 0.5) is 5.69 Å². The largest absolute Gasteiger partial charge is 0.324 e. The minimum atomic E-state index is -0.179. The fraction of sp³-hybridized carbons (Fsp3) is 0.357. The third-order valence-corrected chi connectivity index (χ3v) is 4.49.